The molecule has 0 saturated heterocycles. The second-order valence-corrected chi connectivity index (χ2v) is 31.1. The smallest absolute Gasteiger partial charge is 0.159 e. The molecule has 22 heteroatoms. The summed E-state index contributed by atoms with van der Waals surface area (Å²) in [4.78, 5) is 99.7. The number of aryl methyl sites for hydroxylation is 3. The number of hydrogen-bond donors (Lipinski definition) is 6. The number of methoxy groups -OCH3 is 1. The molecule has 0 aliphatic heterocycles. The predicted molar refractivity (Wildman–Crippen MR) is 485 cm³/mol. The Balaban J connectivity index is 0.000000224. The van der Waals surface area contributed by atoms with Gasteiger partial charge in [0, 0.05) is 71.2 Å². The second-order valence-electron chi connectivity index (χ2n) is 30.3. The lowest BCUT2D eigenvalue weighted by atomic mass is 9.90. The average Bonchev–Trinajstić information content (AvgIpc) is 0.836. The molecule has 6 atom stereocenters. The molecule has 6 N–H and O–H groups in total. The lowest BCUT2D eigenvalue weighted by Crippen LogP contribution is -2.48. The Kier molecular flexibility index (Phi) is 40.8. The molecule has 0 radical (unpaired) electrons. The summed E-state index contributed by atoms with van der Waals surface area (Å²) in [7, 11) is 12.4. The SMILES string of the molecule is CN[C@@H](Cc1ccc(-c2ccc(F)cc2C)nc1)C(C)=O.CN[C@@H](Cc1ccc(-c2ccc(OC)cc2)nc1)C(C)=O.CN[C@@H](Cc1ccc(-c2ccccc2CC(C)C)nc1)C(C)=O.CN[C@@H](Cc1ccc(Br)nc1)C(C)=O.CN[C@@H](Cc1cnc(-c2ccccc2C)nc1)C(C)=O.CN[C@@](C)(Cc1ccc(-c2ccccc2C)nc1)C(C)=O. The third-order valence-electron chi connectivity index (χ3n) is 20.7. The quantitative estimate of drug-likeness (QED) is 0.0214. The fraction of sp³-hybridized carbons (Fsp3) is 0.337. The standard InChI is InChI=1S/C20H26N2O.C18H22N2O.C17H19FN2O.C17H20N2O2.C16H19N3O.C10H13BrN2O/c1-14(2)11-17-7-5-6-8-18(17)19-10-9-16(13-22-19)12-20(21-4)15(3)23;1-13-7-5-6-8-16(13)17-10-9-15(12-20-17)11-18(3,19-4)14(2)21;1-11-8-14(18)5-6-15(11)16-7-4-13(10-20-16)9-17(19-3)12(2)21;1-12(20)17(18-2)10-13-4-9-16(19-11-13)14-5-7-15(21-3)8-6-14;1-11-6-4-5-7-14(11)16-18-9-13(10-19-16)8-15(17-3)12(2)20;1-7(14)9(12-2)5-8-3-4-10(11)13-6-8/h5-10,13-14,20-21H,11-12H2,1-4H3;5-10,12,19H,11H2,1-4H3;4-8,10,17,19H,9H2,1-3H3;4-9,11,17-18H,10H2,1-3H3;4-7,9-10,15,17H,8H2,1-3H3;3-4,6,9,12H,5H2,1-2H3/t20-;18-;2*17-;15-;9-/m000000/s1. The molecule has 0 aliphatic carbocycles. The van der Waals surface area contributed by atoms with Gasteiger partial charge in [0.15, 0.2) is 5.82 Å². The number of ether oxygens (including phenoxy) is 1. The molecule has 6 heterocycles. The number of ketones is 6. The minimum absolute atomic E-state index is 0.107. The molecule has 0 amide bonds. The number of Topliss-reactive ketones (excluding diaryl/α,β-unsaturated/α-hetero) is 6. The van der Waals surface area contributed by atoms with Crippen LogP contribution in [0.15, 0.2) is 224 Å². The minimum atomic E-state index is -0.536. The first-order valence-corrected chi connectivity index (χ1v) is 41.1. The van der Waals surface area contributed by atoms with Crippen molar-refractivity contribution < 1.29 is 37.9 Å². The first kappa shape index (κ1) is 97.7. The molecule has 20 nitrogen and oxygen atoms in total. The van der Waals surface area contributed by atoms with Crippen LogP contribution in [0.2, 0.25) is 0 Å². The number of halogens is 2. The number of benzene rings is 5. The Bertz CT molecular complexity index is 5040. The Morgan fingerprint density at radius 3 is 1.11 bits per heavy atom. The molecule has 632 valence electrons. The maximum Gasteiger partial charge on any atom is 0.159 e. The third-order valence-corrected chi connectivity index (χ3v) is 21.1. The molecule has 0 saturated carbocycles. The van der Waals surface area contributed by atoms with Crippen LogP contribution < -0.4 is 36.6 Å². The van der Waals surface area contributed by atoms with E-state index in [1.165, 1.54) is 28.8 Å². The number of aromatic nitrogens is 7. The second kappa shape index (κ2) is 50.1. The van der Waals surface area contributed by atoms with E-state index in [4.69, 9.17) is 4.74 Å². The highest BCUT2D eigenvalue weighted by molar-refractivity contribution is 9.10. The molecule has 0 bridgehead atoms. The van der Waals surface area contributed by atoms with E-state index in [9.17, 15) is 33.2 Å². The van der Waals surface area contributed by atoms with Crippen LogP contribution in [0.3, 0.4) is 0 Å². The normalized spacial score (nSPS) is 12.5. The van der Waals surface area contributed by atoms with Gasteiger partial charge in [-0.3, -0.25) is 48.7 Å². The van der Waals surface area contributed by atoms with Crippen molar-refractivity contribution in [3.63, 3.8) is 0 Å². The van der Waals surface area contributed by atoms with Crippen LogP contribution in [0.5, 0.6) is 5.75 Å². The van der Waals surface area contributed by atoms with Crippen molar-refractivity contribution in [1.82, 2.24) is 66.8 Å². The zero-order valence-corrected chi connectivity index (χ0v) is 74.5. The number of carbonyl (C=O) groups is 6. The van der Waals surface area contributed by atoms with Gasteiger partial charge in [0.25, 0.3) is 0 Å². The number of likely N-dealkylation sites (N-methyl/N-ethyl adjacent to an activating group) is 6. The summed E-state index contributed by atoms with van der Waals surface area (Å²) in [6.07, 6.45) is 17.6. The summed E-state index contributed by atoms with van der Waals surface area (Å²) >= 11 is 3.26. The van der Waals surface area contributed by atoms with E-state index in [0.29, 0.717) is 44.4 Å². The summed E-state index contributed by atoms with van der Waals surface area (Å²) in [6, 6.07) is 56.2. The van der Waals surface area contributed by atoms with Crippen LogP contribution in [0.4, 0.5) is 4.39 Å². The molecule has 6 aromatic heterocycles. The molecular weight excluding hydrogens is 1570 g/mol. The van der Waals surface area contributed by atoms with Crippen LogP contribution in [-0.2, 0) is 73.7 Å². The van der Waals surface area contributed by atoms with E-state index in [2.05, 4.69) is 152 Å². The van der Waals surface area contributed by atoms with Crippen molar-refractivity contribution in [2.24, 2.45) is 5.92 Å². The fourth-order valence-corrected chi connectivity index (χ4v) is 13.1. The molecular formula is C98H119BrFN13O7. The first-order valence-electron chi connectivity index (χ1n) is 40.3. The predicted octanol–water partition coefficient (Wildman–Crippen LogP) is 16.0. The van der Waals surface area contributed by atoms with Gasteiger partial charge in [-0.2, -0.15) is 0 Å². The van der Waals surface area contributed by atoms with E-state index in [-0.39, 0.29) is 70.7 Å². The van der Waals surface area contributed by atoms with Gasteiger partial charge in [0.1, 0.15) is 50.9 Å². The highest BCUT2D eigenvalue weighted by Crippen LogP contribution is 2.28. The monoisotopic (exact) mass is 1690 g/mol. The summed E-state index contributed by atoms with van der Waals surface area (Å²) in [5.41, 5.74) is 19.2. The number of hydrogen-bond acceptors (Lipinski definition) is 20. The minimum Gasteiger partial charge on any atom is -0.497 e. The fourth-order valence-electron chi connectivity index (χ4n) is 12.9. The molecule has 0 unspecified atom stereocenters. The van der Waals surface area contributed by atoms with Crippen LogP contribution in [0.1, 0.15) is 118 Å². The van der Waals surface area contributed by atoms with Crippen LogP contribution >= 0.6 is 15.9 Å². The molecule has 0 spiro atoms. The van der Waals surface area contributed by atoms with Gasteiger partial charge >= 0.3 is 0 Å². The highest BCUT2D eigenvalue weighted by Gasteiger charge is 2.28. The molecule has 0 aliphatic rings. The topological polar surface area (TPSA) is 274 Å². The lowest BCUT2D eigenvalue weighted by molar-refractivity contribution is -0.122. The van der Waals surface area contributed by atoms with Crippen molar-refractivity contribution in [2.45, 2.75) is 164 Å². The largest absolute Gasteiger partial charge is 0.497 e. The zero-order valence-electron chi connectivity index (χ0n) is 72.9. The van der Waals surface area contributed by atoms with E-state index in [1.807, 2.05) is 163 Å². The Morgan fingerprint density at radius 1 is 0.392 bits per heavy atom. The molecule has 120 heavy (non-hydrogen) atoms. The highest BCUT2D eigenvalue weighted by atomic mass is 79.9. The maximum atomic E-state index is 13.1. The van der Waals surface area contributed by atoms with Crippen molar-refractivity contribution in [3.8, 4) is 62.2 Å². The van der Waals surface area contributed by atoms with E-state index >= 15 is 0 Å². The summed E-state index contributed by atoms with van der Waals surface area (Å²) in [5, 5.41) is 18.1. The summed E-state index contributed by atoms with van der Waals surface area (Å²) < 4.78 is 19.1. The Morgan fingerprint density at radius 2 is 0.750 bits per heavy atom. The van der Waals surface area contributed by atoms with Gasteiger partial charge < -0.3 is 36.6 Å². The van der Waals surface area contributed by atoms with Gasteiger partial charge in [-0.1, -0.05) is 117 Å². The number of rotatable bonds is 32. The van der Waals surface area contributed by atoms with Crippen LogP contribution in [0, 0.1) is 32.5 Å². The first-order chi connectivity index (χ1) is 57.4. The molecule has 11 aromatic rings. The van der Waals surface area contributed by atoms with E-state index in [1.54, 1.807) is 108 Å². The van der Waals surface area contributed by atoms with E-state index in [0.717, 1.165) is 112 Å². The maximum absolute atomic E-state index is 13.1. The van der Waals surface area contributed by atoms with Crippen LogP contribution in [0.25, 0.3) is 56.4 Å². The Hall–Kier alpha value is -11.1. The lowest BCUT2D eigenvalue weighted by Gasteiger charge is -2.26. The number of carbonyl (C=O) groups excluding carboxylic acids is 6. The van der Waals surface area contributed by atoms with Crippen LogP contribution in [-0.4, -0.2) is 155 Å². The van der Waals surface area contributed by atoms with Crippen molar-refractivity contribution in [3.05, 3.63) is 285 Å². The zero-order chi connectivity index (χ0) is 88.0. The van der Waals surface area contributed by atoms with Gasteiger partial charge in [0.2, 0.25) is 0 Å². The van der Waals surface area contributed by atoms with Gasteiger partial charge in [-0.05, 0) is 307 Å². The van der Waals surface area contributed by atoms with Crippen molar-refractivity contribution in [1.29, 1.82) is 0 Å². The van der Waals surface area contributed by atoms with Gasteiger partial charge in [-0.25, -0.2) is 19.3 Å². The van der Waals surface area contributed by atoms with Crippen molar-refractivity contribution >= 4 is 50.6 Å². The van der Waals surface area contributed by atoms with Gasteiger partial charge in [-0.15, -0.1) is 0 Å². The number of pyridine rings is 5. The number of nitrogens with one attached hydrogen (secondary N) is 6. The molecule has 0 fully saturated rings. The van der Waals surface area contributed by atoms with Crippen molar-refractivity contribution in [2.75, 3.05) is 49.4 Å². The number of nitrogens with zero attached hydrogens (tertiary/aromatic N) is 7. The van der Waals surface area contributed by atoms with Gasteiger partial charge in [0.05, 0.1) is 65.6 Å². The Labute approximate surface area is 717 Å². The molecule has 5 aromatic carbocycles. The summed E-state index contributed by atoms with van der Waals surface area (Å²) in [6.45, 7) is 21.9. The summed E-state index contributed by atoms with van der Waals surface area (Å²) in [5.74, 6) is 2.71. The molecule has 11 rings (SSSR count). The van der Waals surface area contributed by atoms with E-state index < -0.39 is 5.54 Å². The third kappa shape index (κ3) is 31.6. The average molecular weight is 1690 g/mol.